The van der Waals surface area contributed by atoms with E-state index in [0.29, 0.717) is 24.2 Å². The van der Waals surface area contributed by atoms with Crippen LogP contribution in [0.25, 0.3) is 0 Å². The van der Waals surface area contributed by atoms with E-state index in [1.54, 1.807) is 26.4 Å². The maximum Gasteiger partial charge on any atom is 0.335 e. The maximum atomic E-state index is 11.1. The molecule has 0 bridgehead atoms. The highest BCUT2D eigenvalue weighted by Crippen LogP contribution is 2.33. The number of nitriles is 1. The molecule has 0 spiro atoms. The smallest absolute Gasteiger partial charge is 0.335 e. The minimum absolute atomic E-state index is 0.105. The molecule has 0 saturated carbocycles. The summed E-state index contributed by atoms with van der Waals surface area (Å²) in [6.07, 6.45) is 2.43. The van der Waals surface area contributed by atoms with Gasteiger partial charge in [-0.05, 0) is 54.4 Å². The number of carboxylic acid groups (broad SMARTS) is 1. The summed E-state index contributed by atoms with van der Waals surface area (Å²) in [5, 5.41) is 29.1. The van der Waals surface area contributed by atoms with Crippen molar-refractivity contribution in [2.75, 3.05) is 47.1 Å². The standard InChI is InChI=1S/C32H44N2O5/c1-6-28(20-27(21-33)19-24(2)29-11-13-31(14-12-29)32(36)37)30-9-7-26(8-10-30)23-34(15-17-38-4,16-18-39-5)22-25(3)35/h7-14,24,27-28H,3,6,15-20,22-23H2,1-2,4-5H3,(H-,35,36,37)/p+1. The highest BCUT2D eigenvalue weighted by atomic mass is 16.5. The number of hydrogen-bond donors (Lipinski definition) is 2. The van der Waals surface area contributed by atoms with Gasteiger partial charge >= 0.3 is 5.97 Å². The van der Waals surface area contributed by atoms with Gasteiger partial charge in [0, 0.05) is 25.7 Å². The Labute approximate surface area is 233 Å². The van der Waals surface area contributed by atoms with Crippen molar-refractivity contribution in [3.05, 3.63) is 83.1 Å². The summed E-state index contributed by atoms with van der Waals surface area (Å²) < 4.78 is 11.3. The van der Waals surface area contributed by atoms with Crippen LogP contribution in [-0.2, 0) is 16.0 Å². The van der Waals surface area contributed by atoms with E-state index in [1.165, 1.54) is 5.56 Å². The van der Waals surface area contributed by atoms with Crippen molar-refractivity contribution in [3.8, 4) is 6.07 Å². The van der Waals surface area contributed by atoms with E-state index in [-0.39, 0.29) is 29.1 Å². The molecule has 0 saturated heterocycles. The fourth-order valence-corrected chi connectivity index (χ4v) is 5.32. The fraction of sp³-hybridized carbons (Fsp3) is 0.500. The first kappa shape index (κ1) is 32.0. The van der Waals surface area contributed by atoms with Gasteiger partial charge in [-0.3, -0.25) is 0 Å². The number of aromatic carboxylic acids is 1. The van der Waals surface area contributed by atoms with Gasteiger partial charge in [0.25, 0.3) is 0 Å². The second kappa shape index (κ2) is 16.0. The van der Waals surface area contributed by atoms with E-state index in [0.717, 1.165) is 50.0 Å². The van der Waals surface area contributed by atoms with Crippen LogP contribution in [0.3, 0.4) is 0 Å². The highest BCUT2D eigenvalue weighted by molar-refractivity contribution is 5.87. The van der Waals surface area contributed by atoms with Gasteiger partial charge in [0.2, 0.25) is 0 Å². The number of carboxylic acids is 1. The molecule has 7 heteroatoms. The third-order valence-corrected chi connectivity index (χ3v) is 7.64. The summed E-state index contributed by atoms with van der Waals surface area (Å²) in [5.41, 5.74) is 3.70. The molecule has 3 atom stereocenters. The quantitative estimate of drug-likeness (QED) is 0.171. The van der Waals surface area contributed by atoms with Crippen molar-refractivity contribution in [1.82, 2.24) is 0 Å². The van der Waals surface area contributed by atoms with E-state index < -0.39 is 5.97 Å². The van der Waals surface area contributed by atoms with Crippen molar-refractivity contribution in [2.45, 2.75) is 51.5 Å². The van der Waals surface area contributed by atoms with E-state index in [4.69, 9.17) is 14.6 Å². The average molecular weight is 538 g/mol. The number of ether oxygens (including phenoxy) is 2. The summed E-state index contributed by atoms with van der Waals surface area (Å²) in [6.45, 7) is 11.8. The Morgan fingerprint density at radius 3 is 2.00 bits per heavy atom. The molecule has 3 unspecified atom stereocenters. The normalized spacial score (nSPS) is 13.8. The van der Waals surface area contributed by atoms with Gasteiger partial charge in [-0.15, -0.1) is 0 Å². The SMILES string of the molecule is C=C(O)C[N+](CCOC)(CCOC)Cc1ccc(C(CC)CC(C#N)CC(C)c2ccc(C(=O)O)cc2)cc1. The predicted molar refractivity (Wildman–Crippen MR) is 154 cm³/mol. The molecule has 0 aromatic heterocycles. The lowest BCUT2D eigenvalue weighted by molar-refractivity contribution is -0.938. The molecular weight excluding hydrogens is 492 g/mol. The van der Waals surface area contributed by atoms with Gasteiger partial charge in [-0.2, -0.15) is 5.26 Å². The number of methoxy groups -OCH3 is 2. The molecular formula is C32H45N2O5+. The van der Waals surface area contributed by atoms with Gasteiger partial charge in [0.15, 0.2) is 0 Å². The van der Waals surface area contributed by atoms with E-state index in [1.807, 2.05) is 12.1 Å². The maximum absolute atomic E-state index is 11.1. The van der Waals surface area contributed by atoms with Crippen LogP contribution in [0.2, 0.25) is 0 Å². The van der Waals surface area contributed by atoms with Crippen LogP contribution >= 0.6 is 0 Å². The molecule has 0 amide bonds. The molecule has 2 aromatic rings. The second-order valence-electron chi connectivity index (χ2n) is 10.6. The van der Waals surface area contributed by atoms with Crippen LogP contribution in [0, 0.1) is 17.2 Å². The average Bonchev–Trinajstić information content (AvgIpc) is 2.93. The number of aliphatic hydroxyl groups is 1. The number of quaternary nitrogens is 1. The zero-order valence-electron chi connectivity index (χ0n) is 23.9. The number of aliphatic hydroxyl groups excluding tert-OH is 1. The highest BCUT2D eigenvalue weighted by Gasteiger charge is 2.29. The molecule has 0 radical (unpaired) electrons. The topological polar surface area (TPSA) is 99.8 Å². The Morgan fingerprint density at radius 2 is 1.54 bits per heavy atom. The molecule has 212 valence electrons. The fourth-order valence-electron chi connectivity index (χ4n) is 5.32. The van der Waals surface area contributed by atoms with Gasteiger partial charge in [-0.25, -0.2) is 4.79 Å². The van der Waals surface area contributed by atoms with Crippen LogP contribution in [0.4, 0.5) is 0 Å². The van der Waals surface area contributed by atoms with Crippen molar-refractivity contribution < 1.29 is 29.0 Å². The minimum atomic E-state index is -0.936. The van der Waals surface area contributed by atoms with Crippen LogP contribution in [0.1, 0.15) is 72.0 Å². The molecule has 0 heterocycles. The van der Waals surface area contributed by atoms with Gasteiger partial charge in [0.1, 0.15) is 31.9 Å². The van der Waals surface area contributed by atoms with Crippen LogP contribution in [0.15, 0.2) is 60.9 Å². The molecule has 0 aliphatic rings. The van der Waals surface area contributed by atoms with E-state index in [2.05, 4.69) is 50.8 Å². The Kier molecular flexibility index (Phi) is 13.2. The zero-order valence-corrected chi connectivity index (χ0v) is 23.9. The lowest BCUT2D eigenvalue weighted by atomic mass is 9.82. The van der Waals surface area contributed by atoms with Crippen molar-refractivity contribution in [1.29, 1.82) is 5.26 Å². The summed E-state index contributed by atoms with van der Waals surface area (Å²) >= 11 is 0. The van der Waals surface area contributed by atoms with E-state index >= 15 is 0 Å². The van der Waals surface area contributed by atoms with Crippen molar-refractivity contribution >= 4 is 5.97 Å². The largest absolute Gasteiger partial charge is 0.507 e. The second-order valence-corrected chi connectivity index (χ2v) is 10.6. The molecule has 2 aromatic carbocycles. The molecule has 7 nitrogen and oxygen atoms in total. The van der Waals surface area contributed by atoms with Crippen molar-refractivity contribution in [3.63, 3.8) is 0 Å². The molecule has 0 aliphatic heterocycles. The van der Waals surface area contributed by atoms with Gasteiger partial charge in [0.05, 0.1) is 24.8 Å². The van der Waals surface area contributed by atoms with Gasteiger partial charge in [-0.1, -0.05) is 56.8 Å². The molecule has 0 aliphatic carbocycles. The monoisotopic (exact) mass is 537 g/mol. The third kappa shape index (κ3) is 10.1. The summed E-state index contributed by atoms with van der Waals surface area (Å²) in [5.74, 6) is -0.465. The first-order valence-electron chi connectivity index (χ1n) is 13.7. The first-order valence-corrected chi connectivity index (χ1v) is 13.7. The minimum Gasteiger partial charge on any atom is -0.507 e. The van der Waals surface area contributed by atoms with Gasteiger partial charge < -0.3 is 24.2 Å². The predicted octanol–water partition coefficient (Wildman–Crippen LogP) is 6.28. The first-order chi connectivity index (χ1) is 18.7. The van der Waals surface area contributed by atoms with Crippen LogP contribution in [-0.4, -0.2) is 67.7 Å². The summed E-state index contributed by atoms with van der Waals surface area (Å²) in [4.78, 5) is 11.1. The number of nitrogens with zero attached hydrogens (tertiary/aromatic N) is 2. The molecule has 0 fully saturated rings. The lowest BCUT2D eigenvalue weighted by Crippen LogP contribution is -2.52. The lowest BCUT2D eigenvalue weighted by Gasteiger charge is -2.38. The summed E-state index contributed by atoms with van der Waals surface area (Å²) in [6, 6.07) is 18.1. The molecule has 39 heavy (non-hydrogen) atoms. The molecule has 2 N–H and O–H groups in total. The number of benzene rings is 2. The third-order valence-electron chi connectivity index (χ3n) is 7.64. The van der Waals surface area contributed by atoms with Crippen molar-refractivity contribution in [2.24, 2.45) is 5.92 Å². The Balaban J connectivity index is 2.12. The Bertz CT molecular complexity index is 1070. The van der Waals surface area contributed by atoms with Crippen LogP contribution < -0.4 is 0 Å². The van der Waals surface area contributed by atoms with E-state index in [9.17, 15) is 15.2 Å². The Hall–Kier alpha value is -3.18. The number of rotatable bonds is 18. The Morgan fingerprint density at radius 1 is 0.974 bits per heavy atom. The summed E-state index contributed by atoms with van der Waals surface area (Å²) in [7, 11) is 3.37. The zero-order chi connectivity index (χ0) is 28.8. The van der Waals surface area contributed by atoms with Crippen LogP contribution in [0.5, 0.6) is 0 Å². The number of hydrogen-bond acceptors (Lipinski definition) is 5. The molecule has 2 rings (SSSR count). The number of carbonyl (C=O) groups is 1.